The van der Waals surface area contributed by atoms with Gasteiger partial charge in [0.1, 0.15) is 0 Å². The third-order valence-electron chi connectivity index (χ3n) is 2.88. The van der Waals surface area contributed by atoms with Gasteiger partial charge in [-0.05, 0) is 25.1 Å². The second kappa shape index (κ2) is 5.90. The molecule has 0 atom stereocenters. The molecule has 0 fully saturated rings. The number of halogens is 2. The average Bonchev–Trinajstić information content (AvgIpc) is 2.47. The van der Waals surface area contributed by atoms with Gasteiger partial charge >= 0.3 is 0 Å². The Kier molecular flexibility index (Phi) is 3.96. The van der Waals surface area contributed by atoms with Crippen LogP contribution in [0.1, 0.15) is 6.92 Å². The smallest absolute Gasteiger partial charge is 0.247 e. The van der Waals surface area contributed by atoms with Crippen LogP contribution in [-0.2, 0) is 0 Å². The van der Waals surface area contributed by atoms with E-state index in [9.17, 15) is 0 Å². The Labute approximate surface area is 136 Å². The van der Waals surface area contributed by atoms with E-state index >= 15 is 0 Å². The van der Waals surface area contributed by atoms with Gasteiger partial charge < -0.3 is 10.5 Å². The van der Waals surface area contributed by atoms with Gasteiger partial charge in [0.05, 0.1) is 23.5 Å². The molecule has 1 aromatic carbocycles. The van der Waals surface area contributed by atoms with E-state index in [1.54, 1.807) is 24.4 Å². The van der Waals surface area contributed by atoms with E-state index in [-0.39, 0.29) is 5.95 Å². The molecule has 6 nitrogen and oxygen atoms in total. The first kappa shape index (κ1) is 14.7. The molecule has 0 unspecified atom stereocenters. The SMILES string of the molecule is CCOc1nc(N)nc2ncc(-c3ccc(Cl)cc3Cl)nc12. The monoisotopic (exact) mass is 335 g/mol. The number of aromatic nitrogens is 4. The Hall–Kier alpha value is -2.18. The van der Waals surface area contributed by atoms with E-state index in [2.05, 4.69) is 19.9 Å². The van der Waals surface area contributed by atoms with E-state index < -0.39 is 0 Å². The lowest BCUT2D eigenvalue weighted by atomic mass is 10.1. The molecule has 0 amide bonds. The molecule has 2 N–H and O–H groups in total. The van der Waals surface area contributed by atoms with Gasteiger partial charge in [-0.1, -0.05) is 23.2 Å². The lowest BCUT2D eigenvalue weighted by Crippen LogP contribution is -2.04. The van der Waals surface area contributed by atoms with Crippen molar-refractivity contribution in [3.63, 3.8) is 0 Å². The number of hydrogen-bond acceptors (Lipinski definition) is 6. The number of benzene rings is 1. The number of fused-ring (bicyclic) bond motifs is 1. The van der Waals surface area contributed by atoms with Crippen LogP contribution in [0.5, 0.6) is 5.88 Å². The molecule has 2 aromatic heterocycles. The number of nitrogens with zero attached hydrogens (tertiary/aromatic N) is 4. The van der Waals surface area contributed by atoms with Crippen LogP contribution in [-0.4, -0.2) is 26.5 Å². The number of ether oxygens (including phenoxy) is 1. The summed E-state index contributed by atoms with van der Waals surface area (Å²) in [6, 6.07) is 5.16. The molecule has 0 bridgehead atoms. The topological polar surface area (TPSA) is 86.8 Å². The molecule has 0 aliphatic carbocycles. The molecule has 0 aliphatic heterocycles. The second-order valence-electron chi connectivity index (χ2n) is 4.37. The molecule has 2 heterocycles. The maximum absolute atomic E-state index is 6.21. The van der Waals surface area contributed by atoms with E-state index in [0.29, 0.717) is 45.0 Å². The molecule has 0 saturated carbocycles. The average molecular weight is 336 g/mol. The van der Waals surface area contributed by atoms with Crippen molar-refractivity contribution in [2.45, 2.75) is 6.92 Å². The van der Waals surface area contributed by atoms with Crippen molar-refractivity contribution in [2.24, 2.45) is 0 Å². The van der Waals surface area contributed by atoms with Gasteiger partial charge in [-0.2, -0.15) is 9.97 Å². The van der Waals surface area contributed by atoms with Crippen molar-refractivity contribution >= 4 is 40.3 Å². The zero-order valence-corrected chi connectivity index (χ0v) is 13.1. The standard InChI is InChI=1S/C14H11Cl2N5O/c1-2-22-13-11-12(20-14(17)21-13)18-6-10(19-11)8-4-3-7(15)5-9(8)16/h3-6H,2H2,1H3,(H2,17,18,20,21). The molecule has 8 heteroatoms. The van der Waals surface area contributed by atoms with Gasteiger partial charge in [0.2, 0.25) is 11.8 Å². The third-order valence-corrected chi connectivity index (χ3v) is 3.43. The number of anilines is 1. The van der Waals surface area contributed by atoms with Crippen molar-refractivity contribution in [1.82, 2.24) is 19.9 Å². The Morgan fingerprint density at radius 1 is 1.18 bits per heavy atom. The Morgan fingerprint density at radius 2 is 2.00 bits per heavy atom. The Morgan fingerprint density at radius 3 is 2.73 bits per heavy atom. The summed E-state index contributed by atoms with van der Waals surface area (Å²) < 4.78 is 5.45. The molecule has 0 saturated heterocycles. The number of nitrogen functional groups attached to an aromatic ring is 1. The second-order valence-corrected chi connectivity index (χ2v) is 5.22. The van der Waals surface area contributed by atoms with Crippen LogP contribution in [0.25, 0.3) is 22.4 Å². The summed E-state index contributed by atoms with van der Waals surface area (Å²) in [6.07, 6.45) is 1.57. The molecule has 22 heavy (non-hydrogen) atoms. The molecule has 0 aliphatic rings. The van der Waals surface area contributed by atoms with Crippen LogP contribution in [0.2, 0.25) is 10.0 Å². The quantitative estimate of drug-likeness (QED) is 0.789. The molecule has 3 aromatic rings. The minimum Gasteiger partial charge on any atom is -0.476 e. The Balaban J connectivity index is 2.20. The predicted molar refractivity (Wildman–Crippen MR) is 86.2 cm³/mol. The van der Waals surface area contributed by atoms with Gasteiger partial charge in [0.25, 0.3) is 0 Å². The van der Waals surface area contributed by atoms with E-state index in [0.717, 1.165) is 0 Å². The first-order valence-electron chi connectivity index (χ1n) is 6.47. The van der Waals surface area contributed by atoms with Crippen LogP contribution in [0, 0.1) is 0 Å². The lowest BCUT2D eigenvalue weighted by molar-refractivity contribution is 0.330. The highest BCUT2D eigenvalue weighted by Crippen LogP contribution is 2.30. The van der Waals surface area contributed by atoms with Crippen LogP contribution < -0.4 is 10.5 Å². The molecule has 0 radical (unpaired) electrons. The van der Waals surface area contributed by atoms with Gasteiger partial charge in [-0.15, -0.1) is 0 Å². The predicted octanol–water partition coefficient (Wildman–Crippen LogP) is 3.37. The highest BCUT2D eigenvalue weighted by Gasteiger charge is 2.13. The molecule has 3 rings (SSSR count). The van der Waals surface area contributed by atoms with Crippen molar-refractivity contribution < 1.29 is 4.74 Å². The van der Waals surface area contributed by atoms with Gasteiger partial charge in [-0.3, -0.25) is 0 Å². The maximum atomic E-state index is 6.21. The highest BCUT2D eigenvalue weighted by atomic mass is 35.5. The molecular formula is C14H11Cl2N5O. The summed E-state index contributed by atoms with van der Waals surface area (Å²) in [5.41, 5.74) is 7.72. The van der Waals surface area contributed by atoms with E-state index in [4.69, 9.17) is 33.7 Å². The van der Waals surface area contributed by atoms with E-state index in [1.165, 1.54) is 0 Å². The number of nitrogens with two attached hydrogens (primary N) is 1. The molecular weight excluding hydrogens is 325 g/mol. The number of hydrogen-bond donors (Lipinski definition) is 1. The summed E-state index contributed by atoms with van der Waals surface area (Å²) in [7, 11) is 0. The van der Waals surface area contributed by atoms with Crippen LogP contribution in [0.4, 0.5) is 5.95 Å². The largest absolute Gasteiger partial charge is 0.476 e. The van der Waals surface area contributed by atoms with Gasteiger partial charge in [-0.25, -0.2) is 9.97 Å². The zero-order chi connectivity index (χ0) is 15.7. The third kappa shape index (κ3) is 2.75. The van der Waals surface area contributed by atoms with Gasteiger partial charge in [0.15, 0.2) is 11.2 Å². The van der Waals surface area contributed by atoms with E-state index in [1.807, 2.05) is 6.92 Å². The Bertz CT molecular complexity index is 856. The lowest BCUT2D eigenvalue weighted by Gasteiger charge is -2.08. The summed E-state index contributed by atoms with van der Waals surface area (Å²) in [6.45, 7) is 2.27. The summed E-state index contributed by atoms with van der Waals surface area (Å²) in [5.74, 6) is 0.381. The van der Waals surface area contributed by atoms with Crippen LogP contribution >= 0.6 is 23.2 Å². The van der Waals surface area contributed by atoms with Crippen molar-refractivity contribution in [3.8, 4) is 17.1 Å². The fourth-order valence-electron chi connectivity index (χ4n) is 1.96. The van der Waals surface area contributed by atoms with Crippen molar-refractivity contribution in [3.05, 3.63) is 34.4 Å². The van der Waals surface area contributed by atoms with Gasteiger partial charge in [0, 0.05) is 10.6 Å². The summed E-state index contributed by atoms with van der Waals surface area (Å²) in [5, 5.41) is 1.03. The minimum absolute atomic E-state index is 0.0857. The fourth-order valence-corrected chi connectivity index (χ4v) is 2.47. The summed E-state index contributed by atoms with van der Waals surface area (Å²) >= 11 is 12.1. The van der Waals surface area contributed by atoms with Crippen molar-refractivity contribution in [1.29, 1.82) is 0 Å². The fraction of sp³-hybridized carbons (Fsp3) is 0.143. The zero-order valence-electron chi connectivity index (χ0n) is 11.5. The number of rotatable bonds is 3. The molecule has 112 valence electrons. The normalized spacial score (nSPS) is 10.9. The molecule has 0 spiro atoms. The van der Waals surface area contributed by atoms with Crippen molar-refractivity contribution in [2.75, 3.05) is 12.3 Å². The van der Waals surface area contributed by atoms with Crippen LogP contribution in [0.3, 0.4) is 0 Å². The first-order valence-corrected chi connectivity index (χ1v) is 7.22. The van der Waals surface area contributed by atoms with Crippen LogP contribution in [0.15, 0.2) is 24.4 Å². The minimum atomic E-state index is 0.0857. The highest BCUT2D eigenvalue weighted by molar-refractivity contribution is 6.36. The first-order chi connectivity index (χ1) is 10.6. The maximum Gasteiger partial charge on any atom is 0.247 e. The summed E-state index contributed by atoms with van der Waals surface area (Å²) in [4.78, 5) is 16.9.